The molecule has 0 unspecified atom stereocenters. The number of benzene rings is 1. The lowest BCUT2D eigenvalue weighted by molar-refractivity contribution is 0.102. The number of hydrogen-bond donors (Lipinski definition) is 1. The van der Waals surface area contributed by atoms with Gasteiger partial charge >= 0.3 is 0 Å². The van der Waals surface area contributed by atoms with E-state index >= 15 is 0 Å². The molecule has 0 radical (unpaired) electrons. The first-order valence-corrected chi connectivity index (χ1v) is 6.11. The minimum absolute atomic E-state index is 0.0666. The van der Waals surface area contributed by atoms with Crippen molar-refractivity contribution >= 4 is 39.1 Å². The third kappa shape index (κ3) is 2.86. The summed E-state index contributed by atoms with van der Waals surface area (Å²) in [6.45, 7) is 0. The summed E-state index contributed by atoms with van der Waals surface area (Å²) in [5.41, 5.74) is 0.451. The maximum absolute atomic E-state index is 13.5. The van der Waals surface area contributed by atoms with E-state index < -0.39 is 11.7 Å². The number of rotatable bonds is 2. The highest BCUT2D eigenvalue weighted by Gasteiger charge is 2.13. The number of amides is 1. The highest BCUT2D eigenvalue weighted by molar-refractivity contribution is 9.10. The van der Waals surface area contributed by atoms with E-state index in [1.807, 2.05) is 0 Å². The van der Waals surface area contributed by atoms with Gasteiger partial charge in [-0.3, -0.25) is 9.78 Å². The van der Waals surface area contributed by atoms with Crippen molar-refractivity contribution in [2.75, 3.05) is 5.32 Å². The van der Waals surface area contributed by atoms with E-state index in [0.29, 0.717) is 10.2 Å². The van der Waals surface area contributed by atoms with Crippen molar-refractivity contribution in [2.24, 2.45) is 0 Å². The molecule has 0 aliphatic rings. The zero-order valence-corrected chi connectivity index (χ0v) is 11.3. The number of carbonyl (C=O) groups is 1. The van der Waals surface area contributed by atoms with Crippen molar-refractivity contribution in [3.8, 4) is 0 Å². The Kier molecular flexibility index (Phi) is 3.93. The molecule has 3 nitrogen and oxygen atoms in total. The van der Waals surface area contributed by atoms with Gasteiger partial charge in [-0.05, 0) is 40.2 Å². The van der Waals surface area contributed by atoms with Crippen molar-refractivity contribution < 1.29 is 9.18 Å². The van der Waals surface area contributed by atoms with E-state index in [1.165, 1.54) is 24.5 Å². The summed E-state index contributed by atoms with van der Waals surface area (Å²) >= 11 is 8.85. The monoisotopic (exact) mass is 328 g/mol. The topological polar surface area (TPSA) is 42.0 Å². The fraction of sp³-hybridized carbons (Fsp3) is 0. The molecule has 2 aromatic rings. The second-order valence-electron chi connectivity index (χ2n) is 3.43. The maximum atomic E-state index is 13.5. The Morgan fingerprint density at radius 2 is 2.17 bits per heavy atom. The van der Waals surface area contributed by atoms with Crippen molar-refractivity contribution in [2.45, 2.75) is 0 Å². The number of anilines is 1. The lowest BCUT2D eigenvalue weighted by Gasteiger charge is -2.07. The Morgan fingerprint density at radius 1 is 1.39 bits per heavy atom. The van der Waals surface area contributed by atoms with E-state index in [4.69, 9.17) is 11.6 Å². The fourth-order valence-electron chi connectivity index (χ4n) is 1.34. The molecule has 0 aliphatic carbocycles. The molecule has 0 atom stereocenters. The molecule has 0 saturated heterocycles. The average molecular weight is 330 g/mol. The molecule has 0 aliphatic heterocycles. The van der Waals surface area contributed by atoms with Gasteiger partial charge in [-0.1, -0.05) is 11.6 Å². The molecule has 0 bridgehead atoms. The summed E-state index contributed by atoms with van der Waals surface area (Å²) in [6, 6.07) is 5.50. The first-order chi connectivity index (χ1) is 8.58. The molecule has 18 heavy (non-hydrogen) atoms. The molecule has 2 rings (SSSR count). The van der Waals surface area contributed by atoms with E-state index in [-0.39, 0.29) is 10.6 Å². The molecular formula is C12H7BrClFN2O. The van der Waals surface area contributed by atoms with Gasteiger partial charge in [-0.25, -0.2) is 4.39 Å². The molecule has 92 valence electrons. The predicted octanol–water partition coefficient (Wildman–Crippen LogP) is 3.89. The zero-order chi connectivity index (χ0) is 13.1. The summed E-state index contributed by atoms with van der Waals surface area (Å²) in [5.74, 6) is -1.21. The summed E-state index contributed by atoms with van der Waals surface area (Å²) in [6.07, 6.45) is 3.06. The van der Waals surface area contributed by atoms with Crippen LogP contribution in [-0.4, -0.2) is 10.9 Å². The van der Waals surface area contributed by atoms with Gasteiger partial charge in [0.15, 0.2) is 0 Å². The van der Waals surface area contributed by atoms with Crippen molar-refractivity contribution in [3.05, 3.63) is 57.5 Å². The minimum Gasteiger partial charge on any atom is -0.321 e. The molecule has 0 saturated carbocycles. The summed E-state index contributed by atoms with van der Waals surface area (Å²) < 4.78 is 14.2. The van der Waals surface area contributed by atoms with Crippen molar-refractivity contribution in [1.82, 2.24) is 4.98 Å². The van der Waals surface area contributed by atoms with Crippen LogP contribution in [0.1, 0.15) is 10.4 Å². The Hall–Kier alpha value is -1.46. The minimum atomic E-state index is -0.662. The number of aromatic nitrogens is 1. The molecule has 1 amide bonds. The van der Waals surface area contributed by atoms with Gasteiger partial charge in [-0.15, -0.1) is 0 Å². The summed E-state index contributed by atoms with van der Waals surface area (Å²) in [5, 5.41) is 2.82. The summed E-state index contributed by atoms with van der Waals surface area (Å²) in [4.78, 5) is 15.7. The van der Waals surface area contributed by atoms with Crippen LogP contribution < -0.4 is 5.32 Å². The van der Waals surface area contributed by atoms with E-state index in [1.54, 1.807) is 6.07 Å². The van der Waals surface area contributed by atoms with Gasteiger partial charge in [0.2, 0.25) is 0 Å². The molecule has 1 aromatic heterocycles. The molecule has 1 N–H and O–H groups in total. The molecule has 1 heterocycles. The molecule has 0 fully saturated rings. The molecule has 6 heteroatoms. The van der Waals surface area contributed by atoms with Crippen molar-refractivity contribution in [1.29, 1.82) is 0 Å². The number of halogens is 3. The van der Waals surface area contributed by atoms with Crippen LogP contribution in [0.4, 0.5) is 10.1 Å². The average Bonchev–Trinajstić information content (AvgIpc) is 2.32. The summed E-state index contributed by atoms with van der Waals surface area (Å²) in [7, 11) is 0. The van der Waals surface area contributed by atoms with Crippen LogP contribution >= 0.6 is 27.5 Å². The third-order valence-corrected chi connectivity index (χ3v) is 3.06. The number of nitrogens with one attached hydrogen (secondary N) is 1. The van der Waals surface area contributed by atoms with Crippen LogP contribution in [0.15, 0.2) is 41.1 Å². The second-order valence-corrected chi connectivity index (χ2v) is 4.72. The second kappa shape index (κ2) is 5.46. The number of carbonyl (C=O) groups excluding carboxylic acids is 1. The zero-order valence-electron chi connectivity index (χ0n) is 8.95. The Labute approximate surface area is 116 Å². The van der Waals surface area contributed by atoms with Gasteiger partial charge in [0.05, 0.1) is 15.7 Å². The van der Waals surface area contributed by atoms with Crippen LogP contribution in [0.25, 0.3) is 0 Å². The Balaban J connectivity index is 2.25. The standard InChI is InChI=1S/C12H7BrClFN2O/c13-9-6-16-4-3-11(9)17-12(18)8-2-1-7(14)5-10(8)15/h1-6H,(H,16,17,18). The van der Waals surface area contributed by atoms with Gasteiger partial charge in [0.1, 0.15) is 5.82 Å². The third-order valence-electron chi connectivity index (χ3n) is 2.20. The molecule has 0 spiro atoms. The Bertz CT molecular complexity index is 606. The van der Waals surface area contributed by atoms with Crippen LogP contribution in [0, 0.1) is 5.82 Å². The van der Waals surface area contributed by atoms with Crippen LogP contribution in [-0.2, 0) is 0 Å². The van der Waals surface area contributed by atoms with Gasteiger partial charge in [0, 0.05) is 17.4 Å². The lowest BCUT2D eigenvalue weighted by atomic mass is 10.2. The largest absolute Gasteiger partial charge is 0.321 e. The Morgan fingerprint density at radius 3 is 2.83 bits per heavy atom. The van der Waals surface area contributed by atoms with Crippen molar-refractivity contribution in [3.63, 3.8) is 0 Å². The van der Waals surface area contributed by atoms with E-state index in [0.717, 1.165) is 6.07 Å². The van der Waals surface area contributed by atoms with Gasteiger partial charge < -0.3 is 5.32 Å². The first-order valence-electron chi connectivity index (χ1n) is 4.94. The SMILES string of the molecule is O=C(Nc1ccncc1Br)c1ccc(Cl)cc1F. The van der Waals surface area contributed by atoms with E-state index in [2.05, 4.69) is 26.2 Å². The predicted molar refractivity (Wildman–Crippen MR) is 71.3 cm³/mol. The quantitative estimate of drug-likeness (QED) is 0.908. The van der Waals surface area contributed by atoms with Gasteiger partial charge in [-0.2, -0.15) is 0 Å². The van der Waals surface area contributed by atoms with Gasteiger partial charge in [0.25, 0.3) is 5.91 Å². The fourth-order valence-corrected chi connectivity index (χ4v) is 1.85. The van der Waals surface area contributed by atoms with Crippen LogP contribution in [0.2, 0.25) is 5.02 Å². The smallest absolute Gasteiger partial charge is 0.258 e. The molecule has 1 aromatic carbocycles. The molecular weight excluding hydrogens is 322 g/mol. The highest BCUT2D eigenvalue weighted by atomic mass is 79.9. The normalized spacial score (nSPS) is 10.2. The van der Waals surface area contributed by atoms with E-state index in [9.17, 15) is 9.18 Å². The first kappa shape index (κ1) is 13.0. The van der Waals surface area contributed by atoms with Crippen LogP contribution in [0.3, 0.4) is 0 Å². The lowest BCUT2D eigenvalue weighted by Crippen LogP contribution is -2.14. The van der Waals surface area contributed by atoms with Crippen LogP contribution in [0.5, 0.6) is 0 Å². The maximum Gasteiger partial charge on any atom is 0.258 e. The highest BCUT2D eigenvalue weighted by Crippen LogP contribution is 2.22. The number of nitrogens with zero attached hydrogens (tertiary/aromatic N) is 1. The number of hydrogen-bond acceptors (Lipinski definition) is 2. The number of pyridine rings is 1.